The maximum absolute atomic E-state index is 12.6. The molecule has 0 aromatic rings. The molecule has 104 valence electrons. The highest BCUT2D eigenvalue weighted by Gasteiger charge is 2.37. The van der Waals surface area contributed by atoms with E-state index in [9.17, 15) is 4.79 Å². The SMILES string of the molecule is CC1CCC(N)CC1C(=O)N1CCCC1CCO. The Balaban J connectivity index is 2.00. The normalized spacial score (nSPS) is 36.9. The lowest BCUT2D eigenvalue weighted by Gasteiger charge is -2.36. The van der Waals surface area contributed by atoms with E-state index < -0.39 is 0 Å². The number of rotatable bonds is 3. The molecule has 1 heterocycles. The van der Waals surface area contributed by atoms with Gasteiger partial charge in [0.15, 0.2) is 0 Å². The largest absolute Gasteiger partial charge is 0.396 e. The summed E-state index contributed by atoms with van der Waals surface area (Å²) in [6, 6.07) is 0.446. The molecule has 1 saturated heterocycles. The van der Waals surface area contributed by atoms with Gasteiger partial charge < -0.3 is 15.7 Å². The molecule has 2 rings (SSSR count). The number of likely N-dealkylation sites (tertiary alicyclic amines) is 1. The molecule has 0 aromatic carbocycles. The fourth-order valence-electron chi connectivity index (χ4n) is 3.49. The van der Waals surface area contributed by atoms with Crippen LogP contribution in [-0.2, 0) is 4.79 Å². The number of amides is 1. The predicted molar refractivity (Wildman–Crippen MR) is 70.9 cm³/mol. The van der Waals surface area contributed by atoms with Crippen LogP contribution in [0.5, 0.6) is 0 Å². The van der Waals surface area contributed by atoms with Crippen LogP contribution in [0.1, 0.15) is 45.4 Å². The molecule has 0 aromatic heterocycles. The van der Waals surface area contributed by atoms with Crippen LogP contribution in [0.3, 0.4) is 0 Å². The number of nitrogens with two attached hydrogens (primary N) is 1. The number of hydrogen-bond donors (Lipinski definition) is 2. The molecule has 1 aliphatic carbocycles. The maximum atomic E-state index is 12.6. The fourth-order valence-corrected chi connectivity index (χ4v) is 3.49. The average Bonchev–Trinajstić information content (AvgIpc) is 2.80. The lowest BCUT2D eigenvalue weighted by molar-refractivity contribution is -0.139. The molecule has 0 bridgehead atoms. The molecule has 4 nitrogen and oxygen atoms in total. The molecule has 1 saturated carbocycles. The van der Waals surface area contributed by atoms with E-state index in [1.165, 1.54) is 0 Å². The summed E-state index contributed by atoms with van der Waals surface area (Å²) in [6.45, 7) is 3.21. The first-order valence-corrected chi connectivity index (χ1v) is 7.30. The molecule has 2 fully saturated rings. The van der Waals surface area contributed by atoms with Crippen molar-refractivity contribution in [3.05, 3.63) is 0 Å². The Kier molecular flexibility index (Phi) is 4.62. The minimum Gasteiger partial charge on any atom is -0.396 e. The summed E-state index contributed by atoms with van der Waals surface area (Å²) in [7, 11) is 0. The van der Waals surface area contributed by atoms with E-state index in [-0.39, 0.29) is 30.5 Å². The van der Waals surface area contributed by atoms with Crippen LogP contribution >= 0.6 is 0 Å². The summed E-state index contributed by atoms with van der Waals surface area (Å²) in [6.07, 6.45) is 5.78. The standard InChI is InChI=1S/C14H26N2O2/c1-10-4-5-11(15)9-13(10)14(18)16-7-2-3-12(16)6-8-17/h10-13,17H,2-9,15H2,1H3. The third kappa shape index (κ3) is 2.86. The van der Waals surface area contributed by atoms with E-state index in [1.54, 1.807) is 0 Å². The smallest absolute Gasteiger partial charge is 0.226 e. The van der Waals surface area contributed by atoms with Crippen molar-refractivity contribution in [2.75, 3.05) is 13.2 Å². The average molecular weight is 254 g/mol. The summed E-state index contributed by atoms with van der Waals surface area (Å²) in [5.74, 6) is 0.842. The summed E-state index contributed by atoms with van der Waals surface area (Å²) in [5, 5.41) is 9.07. The molecule has 3 N–H and O–H groups in total. The Morgan fingerprint density at radius 3 is 2.89 bits per heavy atom. The Bertz CT molecular complexity index is 296. The summed E-state index contributed by atoms with van der Waals surface area (Å²) in [5.41, 5.74) is 6.01. The first-order valence-electron chi connectivity index (χ1n) is 7.30. The molecule has 1 aliphatic heterocycles. The first-order chi connectivity index (χ1) is 8.63. The monoisotopic (exact) mass is 254 g/mol. The number of nitrogens with zero attached hydrogens (tertiary/aromatic N) is 1. The molecule has 0 spiro atoms. The van der Waals surface area contributed by atoms with Crippen LogP contribution in [0.2, 0.25) is 0 Å². The second-order valence-electron chi connectivity index (χ2n) is 6.00. The maximum Gasteiger partial charge on any atom is 0.226 e. The van der Waals surface area contributed by atoms with Crippen molar-refractivity contribution in [3.8, 4) is 0 Å². The van der Waals surface area contributed by atoms with E-state index in [0.717, 1.165) is 45.1 Å². The van der Waals surface area contributed by atoms with E-state index in [1.807, 2.05) is 4.90 Å². The van der Waals surface area contributed by atoms with Gasteiger partial charge in [-0.25, -0.2) is 0 Å². The molecule has 2 aliphatic rings. The van der Waals surface area contributed by atoms with Gasteiger partial charge in [0.05, 0.1) is 0 Å². The van der Waals surface area contributed by atoms with Gasteiger partial charge >= 0.3 is 0 Å². The van der Waals surface area contributed by atoms with Crippen LogP contribution in [0.4, 0.5) is 0 Å². The highest BCUT2D eigenvalue weighted by molar-refractivity contribution is 5.80. The summed E-state index contributed by atoms with van der Waals surface area (Å²) in [4.78, 5) is 14.6. The van der Waals surface area contributed by atoms with Gasteiger partial charge in [-0.3, -0.25) is 4.79 Å². The minimum atomic E-state index is 0.105. The van der Waals surface area contributed by atoms with Crippen molar-refractivity contribution in [3.63, 3.8) is 0 Å². The Labute approximate surface area is 110 Å². The zero-order valence-electron chi connectivity index (χ0n) is 11.3. The molecule has 18 heavy (non-hydrogen) atoms. The van der Waals surface area contributed by atoms with Gasteiger partial charge in [-0.1, -0.05) is 6.92 Å². The van der Waals surface area contributed by atoms with E-state index in [2.05, 4.69) is 6.92 Å². The number of carbonyl (C=O) groups is 1. The summed E-state index contributed by atoms with van der Waals surface area (Å²) >= 11 is 0. The van der Waals surface area contributed by atoms with Crippen molar-refractivity contribution in [1.29, 1.82) is 0 Å². The molecular weight excluding hydrogens is 228 g/mol. The van der Waals surface area contributed by atoms with Crippen molar-refractivity contribution in [2.24, 2.45) is 17.6 Å². The third-order valence-corrected chi connectivity index (χ3v) is 4.68. The Hall–Kier alpha value is -0.610. The summed E-state index contributed by atoms with van der Waals surface area (Å²) < 4.78 is 0. The van der Waals surface area contributed by atoms with Crippen LogP contribution in [0.25, 0.3) is 0 Å². The zero-order valence-corrected chi connectivity index (χ0v) is 11.3. The number of carbonyl (C=O) groups excluding carboxylic acids is 1. The fraction of sp³-hybridized carbons (Fsp3) is 0.929. The van der Waals surface area contributed by atoms with Gasteiger partial charge in [-0.2, -0.15) is 0 Å². The number of aliphatic hydroxyl groups is 1. The van der Waals surface area contributed by atoms with E-state index >= 15 is 0 Å². The van der Waals surface area contributed by atoms with Crippen LogP contribution in [0, 0.1) is 11.8 Å². The lowest BCUT2D eigenvalue weighted by atomic mass is 9.77. The topological polar surface area (TPSA) is 66.6 Å². The van der Waals surface area contributed by atoms with Crippen LogP contribution < -0.4 is 5.73 Å². The molecule has 1 amide bonds. The van der Waals surface area contributed by atoms with Gasteiger partial charge in [0.1, 0.15) is 0 Å². The molecular formula is C14H26N2O2. The third-order valence-electron chi connectivity index (χ3n) is 4.68. The van der Waals surface area contributed by atoms with E-state index in [0.29, 0.717) is 5.92 Å². The quantitative estimate of drug-likeness (QED) is 0.793. The van der Waals surface area contributed by atoms with Crippen molar-refractivity contribution in [2.45, 2.75) is 57.5 Å². The van der Waals surface area contributed by atoms with Gasteiger partial charge in [-0.15, -0.1) is 0 Å². The minimum absolute atomic E-state index is 0.105. The predicted octanol–water partition coefficient (Wildman–Crippen LogP) is 1.12. The second-order valence-corrected chi connectivity index (χ2v) is 6.00. The van der Waals surface area contributed by atoms with E-state index in [4.69, 9.17) is 10.8 Å². The van der Waals surface area contributed by atoms with Gasteiger partial charge in [0.25, 0.3) is 0 Å². The molecule has 4 atom stereocenters. The van der Waals surface area contributed by atoms with Gasteiger partial charge in [0, 0.05) is 31.2 Å². The first kappa shape index (κ1) is 13.8. The van der Waals surface area contributed by atoms with Crippen molar-refractivity contribution >= 4 is 5.91 Å². The Morgan fingerprint density at radius 2 is 2.17 bits per heavy atom. The Morgan fingerprint density at radius 1 is 1.39 bits per heavy atom. The highest BCUT2D eigenvalue weighted by Crippen LogP contribution is 2.33. The number of hydrogen-bond acceptors (Lipinski definition) is 3. The molecule has 0 radical (unpaired) electrons. The zero-order chi connectivity index (χ0) is 13.1. The highest BCUT2D eigenvalue weighted by atomic mass is 16.3. The van der Waals surface area contributed by atoms with Gasteiger partial charge in [-0.05, 0) is 44.4 Å². The molecule has 4 heteroatoms. The van der Waals surface area contributed by atoms with Gasteiger partial charge in [0.2, 0.25) is 5.91 Å². The second kappa shape index (κ2) is 6.02. The van der Waals surface area contributed by atoms with Crippen LogP contribution in [0.15, 0.2) is 0 Å². The molecule has 4 unspecified atom stereocenters. The number of aliphatic hydroxyl groups excluding tert-OH is 1. The van der Waals surface area contributed by atoms with Crippen molar-refractivity contribution in [1.82, 2.24) is 4.90 Å². The van der Waals surface area contributed by atoms with Crippen LogP contribution in [-0.4, -0.2) is 41.1 Å². The van der Waals surface area contributed by atoms with Crippen molar-refractivity contribution < 1.29 is 9.90 Å². The lowest BCUT2D eigenvalue weighted by Crippen LogP contribution is -2.45.